The van der Waals surface area contributed by atoms with Gasteiger partial charge in [-0.1, -0.05) is 15.9 Å². The standard InChI is InChI=1S/C10H13BrN2O.ClH/c1-7(6-12)13-10(14)8-2-4-9(11)5-3-8;/h2-5,7H,6,12H2,1H3,(H,13,14);1H/t7-;/m0./s1. The Morgan fingerprint density at radius 1 is 1.47 bits per heavy atom. The molecule has 0 saturated heterocycles. The predicted molar refractivity (Wildman–Crippen MR) is 67.4 cm³/mol. The second-order valence-corrected chi connectivity index (χ2v) is 4.03. The van der Waals surface area contributed by atoms with Crippen LogP contribution >= 0.6 is 28.3 Å². The molecule has 0 aliphatic heterocycles. The Morgan fingerprint density at radius 2 is 2.00 bits per heavy atom. The second-order valence-electron chi connectivity index (χ2n) is 3.12. The van der Waals surface area contributed by atoms with E-state index in [-0.39, 0.29) is 24.4 Å². The van der Waals surface area contributed by atoms with Crippen LogP contribution in [0.5, 0.6) is 0 Å². The smallest absolute Gasteiger partial charge is 0.251 e. The first-order valence-electron chi connectivity index (χ1n) is 4.40. The largest absolute Gasteiger partial charge is 0.348 e. The van der Waals surface area contributed by atoms with Crippen molar-refractivity contribution in [2.45, 2.75) is 13.0 Å². The first-order valence-corrected chi connectivity index (χ1v) is 5.19. The van der Waals surface area contributed by atoms with E-state index in [0.717, 1.165) is 4.47 Å². The van der Waals surface area contributed by atoms with E-state index in [2.05, 4.69) is 21.2 Å². The van der Waals surface area contributed by atoms with E-state index >= 15 is 0 Å². The van der Waals surface area contributed by atoms with E-state index in [1.165, 1.54) is 0 Å². The fourth-order valence-corrected chi connectivity index (χ4v) is 1.23. The third-order valence-corrected chi connectivity index (χ3v) is 2.37. The van der Waals surface area contributed by atoms with Crippen LogP contribution in [0.1, 0.15) is 17.3 Å². The predicted octanol–water partition coefficient (Wildman–Crippen LogP) is 1.95. The number of halogens is 2. The van der Waals surface area contributed by atoms with E-state index in [0.29, 0.717) is 12.1 Å². The average Bonchev–Trinajstić information content (AvgIpc) is 2.18. The number of nitrogens with two attached hydrogens (primary N) is 1. The summed E-state index contributed by atoms with van der Waals surface area (Å²) in [6, 6.07) is 7.21. The third-order valence-electron chi connectivity index (χ3n) is 1.84. The Bertz CT molecular complexity index is 316. The lowest BCUT2D eigenvalue weighted by atomic mass is 10.2. The normalized spacial score (nSPS) is 11.4. The van der Waals surface area contributed by atoms with Crippen LogP contribution in [-0.4, -0.2) is 18.5 Å². The molecule has 1 amide bonds. The van der Waals surface area contributed by atoms with E-state index in [1.807, 2.05) is 19.1 Å². The number of hydrogen-bond donors (Lipinski definition) is 2. The maximum Gasteiger partial charge on any atom is 0.251 e. The number of hydrogen-bond acceptors (Lipinski definition) is 2. The Morgan fingerprint density at radius 3 is 2.47 bits per heavy atom. The average molecular weight is 294 g/mol. The summed E-state index contributed by atoms with van der Waals surface area (Å²) in [5, 5.41) is 2.79. The summed E-state index contributed by atoms with van der Waals surface area (Å²) in [6.45, 7) is 2.32. The lowest BCUT2D eigenvalue weighted by Gasteiger charge is -2.10. The summed E-state index contributed by atoms with van der Waals surface area (Å²) in [6.07, 6.45) is 0. The van der Waals surface area contributed by atoms with E-state index in [4.69, 9.17) is 5.73 Å². The van der Waals surface area contributed by atoms with Crippen molar-refractivity contribution in [1.82, 2.24) is 5.32 Å². The zero-order chi connectivity index (χ0) is 10.6. The molecule has 1 aromatic carbocycles. The van der Waals surface area contributed by atoms with Gasteiger partial charge in [-0.3, -0.25) is 4.79 Å². The van der Waals surface area contributed by atoms with Crippen molar-refractivity contribution in [3.8, 4) is 0 Å². The van der Waals surface area contributed by atoms with Gasteiger partial charge < -0.3 is 11.1 Å². The molecule has 0 spiro atoms. The fraction of sp³-hybridized carbons (Fsp3) is 0.300. The van der Waals surface area contributed by atoms with Gasteiger partial charge in [-0.15, -0.1) is 12.4 Å². The minimum Gasteiger partial charge on any atom is -0.348 e. The monoisotopic (exact) mass is 292 g/mol. The van der Waals surface area contributed by atoms with Crippen molar-refractivity contribution in [2.24, 2.45) is 5.73 Å². The highest BCUT2D eigenvalue weighted by Crippen LogP contribution is 2.10. The number of rotatable bonds is 3. The van der Waals surface area contributed by atoms with Gasteiger partial charge in [0.05, 0.1) is 0 Å². The Labute approximate surface area is 104 Å². The summed E-state index contributed by atoms with van der Waals surface area (Å²) in [5.74, 6) is -0.0875. The lowest BCUT2D eigenvalue weighted by Crippen LogP contribution is -2.37. The molecule has 3 nitrogen and oxygen atoms in total. The van der Waals surface area contributed by atoms with Crippen molar-refractivity contribution in [1.29, 1.82) is 0 Å². The van der Waals surface area contributed by atoms with Crippen LogP contribution in [0.3, 0.4) is 0 Å². The molecule has 84 valence electrons. The molecule has 1 atom stereocenters. The Balaban J connectivity index is 0.00000196. The fourth-order valence-electron chi connectivity index (χ4n) is 0.967. The zero-order valence-corrected chi connectivity index (χ0v) is 10.8. The first-order chi connectivity index (χ1) is 6.63. The molecule has 0 aromatic heterocycles. The van der Waals surface area contributed by atoms with Gasteiger partial charge >= 0.3 is 0 Å². The highest BCUT2D eigenvalue weighted by Gasteiger charge is 2.07. The maximum absolute atomic E-state index is 11.5. The van der Waals surface area contributed by atoms with E-state index in [1.54, 1.807) is 12.1 Å². The minimum atomic E-state index is -0.0875. The summed E-state index contributed by atoms with van der Waals surface area (Å²) < 4.78 is 0.959. The van der Waals surface area contributed by atoms with Crippen LogP contribution in [0, 0.1) is 0 Å². The number of amides is 1. The molecular formula is C10H14BrClN2O. The Kier molecular flexibility index (Phi) is 6.56. The van der Waals surface area contributed by atoms with Gasteiger partial charge in [0.2, 0.25) is 0 Å². The molecule has 1 aromatic rings. The second kappa shape index (κ2) is 6.82. The molecule has 0 radical (unpaired) electrons. The van der Waals surface area contributed by atoms with Gasteiger partial charge in [-0.25, -0.2) is 0 Å². The van der Waals surface area contributed by atoms with Gasteiger partial charge in [0.15, 0.2) is 0 Å². The van der Waals surface area contributed by atoms with Crippen molar-refractivity contribution < 1.29 is 4.79 Å². The molecule has 15 heavy (non-hydrogen) atoms. The molecule has 1 rings (SSSR count). The number of nitrogens with one attached hydrogen (secondary N) is 1. The van der Waals surface area contributed by atoms with Gasteiger partial charge in [0, 0.05) is 22.6 Å². The number of carbonyl (C=O) groups excluding carboxylic acids is 1. The Hall–Kier alpha value is -0.580. The van der Waals surface area contributed by atoms with Crippen molar-refractivity contribution >= 4 is 34.2 Å². The first kappa shape index (κ1) is 14.4. The van der Waals surface area contributed by atoms with Gasteiger partial charge in [0.1, 0.15) is 0 Å². The van der Waals surface area contributed by atoms with Crippen LogP contribution in [0.25, 0.3) is 0 Å². The van der Waals surface area contributed by atoms with Crippen LogP contribution in [0.2, 0.25) is 0 Å². The summed E-state index contributed by atoms with van der Waals surface area (Å²) in [5.41, 5.74) is 6.05. The van der Waals surface area contributed by atoms with Gasteiger partial charge in [-0.05, 0) is 31.2 Å². The highest BCUT2D eigenvalue weighted by molar-refractivity contribution is 9.10. The summed E-state index contributed by atoms with van der Waals surface area (Å²) in [4.78, 5) is 11.5. The quantitative estimate of drug-likeness (QED) is 0.895. The maximum atomic E-state index is 11.5. The molecule has 3 N–H and O–H groups in total. The van der Waals surface area contributed by atoms with E-state index < -0.39 is 0 Å². The molecule has 5 heteroatoms. The van der Waals surface area contributed by atoms with Crippen LogP contribution in [-0.2, 0) is 0 Å². The third kappa shape index (κ3) is 4.64. The van der Waals surface area contributed by atoms with Crippen LogP contribution < -0.4 is 11.1 Å². The van der Waals surface area contributed by atoms with Crippen LogP contribution in [0.15, 0.2) is 28.7 Å². The van der Waals surface area contributed by atoms with Crippen molar-refractivity contribution in [3.05, 3.63) is 34.3 Å². The molecule has 0 heterocycles. The van der Waals surface area contributed by atoms with Crippen molar-refractivity contribution in [2.75, 3.05) is 6.54 Å². The van der Waals surface area contributed by atoms with Gasteiger partial charge in [-0.2, -0.15) is 0 Å². The minimum absolute atomic E-state index is 0. The molecule has 0 unspecified atom stereocenters. The van der Waals surface area contributed by atoms with E-state index in [9.17, 15) is 4.79 Å². The SMILES string of the molecule is C[C@@H](CN)NC(=O)c1ccc(Br)cc1.Cl. The molecular weight excluding hydrogens is 279 g/mol. The van der Waals surface area contributed by atoms with Crippen molar-refractivity contribution in [3.63, 3.8) is 0 Å². The molecule has 0 fully saturated rings. The molecule has 0 aliphatic carbocycles. The highest BCUT2D eigenvalue weighted by atomic mass is 79.9. The summed E-state index contributed by atoms with van der Waals surface area (Å²) in [7, 11) is 0. The molecule has 0 saturated carbocycles. The molecule has 0 bridgehead atoms. The van der Waals surface area contributed by atoms with Gasteiger partial charge in [0.25, 0.3) is 5.91 Å². The number of carbonyl (C=O) groups is 1. The van der Waals surface area contributed by atoms with Crippen LogP contribution in [0.4, 0.5) is 0 Å². The summed E-state index contributed by atoms with van der Waals surface area (Å²) >= 11 is 3.31. The molecule has 0 aliphatic rings. The number of benzene rings is 1. The topological polar surface area (TPSA) is 55.1 Å². The zero-order valence-electron chi connectivity index (χ0n) is 8.37. The lowest BCUT2D eigenvalue weighted by molar-refractivity contribution is 0.0941.